The van der Waals surface area contributed by atoms with E-state index < -0.39 is 10.0 Å². The fourth-order valence-corrected chi connectivity index (χ4v) is 6.33. The number of anilines is 1. The van der Waals surface area contributed by atoms with Gasteiger partial charge in [-0.15, -0.1) is 24.0 Å². The SMILES string of the molecule is CN=C(NCCS(=O)(=O)N1CCc2ccccc21)NC1CCN(C2CCCC2)C1.I. The zero-order valence-electron chi connectivity index (χ0n) is 17.7. The topological polar surface area (TPSA) is 77.0 Å². The van der Waals surface area contributed by atoms with Gasteiger partial charge >= 0.3 is 0 Å². The molecular weight excluding hydrogens is 513 g/mol. The Morgan fingerprint density at radius 3 is 2.70 bits per heavy atom. The number of hydrogen-bond acceptors (Lipinski definition) is 4. The van der Waals surface area contributed by atoms with Gasteiger partial charge in [0.2, 0.25) is 10.0 Å². The molecule has 0 aromatic heterocycles. The number of hydrogen-bond donors (Lipinski definition) is 2. The van der Waals surface area contributed by atoms with Crippen LogP contribution in [0.3, 0.4) is 0 Å². The minimum Gasteiger partial charge on any atom is -0.355 e. The number of para-hydroxylation sites is 1. The third-order valence-corrected chi connectivity index (χ3v) is 8.23. The van der Waals surface area contributed by atoms with Crippen LogP contribution in [0.4, 0.5) is 5.69 Å². The molecule has 2 N–H and O–H groups in total. The van der Waals surface area contributed by atoms with Crippen molar-refractivity contribution in [3.05, 3.63) is 29.8 Å². The number of benzene rings is 1. The highest BCUT2D eigenvalue weighted by atomic mass is 127. The lowest BCUT2D eigenvalue weighted by molar-refractivity contribution is 0.242. The normalized spacial score (nSPS) is 22.8. The first-order chi connectivity index (χ1) is 14.1. The van der Waals surface area contributed by atoms with Gasteiger partial charge in [-0.25, -0.2) is 8.42 Å². The van der Waals surface area contributed by atoms with Crippen molar-refractivity contribution in [2.24, 2.45) is 4.99 Å². The summed E-state index contributed by atoms with van der Waals surface area (Å²) in [7, 11) is -1.60. The standard InChI is InChI=1S/C21H33N5O2S.HI/c1-22-21(24-18-11-13-25(16-18)19-7-3-4-8-19)23-12-15-29(27,28)26-14-10-17-6-2-5-9-20(17)26;/h2,5-6,9,18-19H,3-4,7-8,10-16H2,1H3,(H2,22,23,24);1H. The molecule has 0 radical (unpaired) electrons. The van der Waals surface area contributed by atoms with Gasteiger partial charge in [-0.3, -0.25) is 14.2 Å². The van der Waals surface area contributed by atoms with Crippen LogP contribution in [-0.4, -0.2) is 70.3 Å². The summed E-state index contributed by atoms with van der Waals surface area (Å²) in [6.07, 6.45) is 7.27. The molecule has 0 spiro atoms. The maximum Gasteiger partial charge on any atom is 0.236 e. The van der Waals surface area contributed by atoms with Crippen LogP contribution in [-0.2, 0) is 16.4 Å². The first-order valence-electron chi connectivity index (χ1n) is 10.9. The molecule has 0 bridgehead atoms. The van der Waals surface area contributed by atoms with Crippen molar-refractivity contribution in [3.63, 3.8) is 0 Å². The lowest BCUT2D eigenvalue weighted by Gasteiger charge is -2.24. The summed E-state index contributed by atoms with van der Waals surface area (Å²) >= 11 is 0. The molecule has 1 aromatic carbocycles. The predicted molar refractivity (Wildman–Crippen MR) is 133 cm³/mol. The highest BCUT2D eigenvalue weighted by Gasteiger charge is 2.31. The largest absolute Gasteiger partial charge is 0.355 e. The van der Waals surface area contributed by atoms with Crippen molar-refractivity contribution in [2.75, 3.05) is 43.3 Å². The molecule has 1 aliphatic carbocycles. The van der Waals surface area contributed by atoms with E-state index in [2.05, 4.69) is 20.5 Å². The number of aliphatic imine (C=N–C) groups is 1. The maximum absolute atomic E-state index is 12.8. The van der Waals surface area contributed by atoms with Crippen LogP contribution in [0.25, 0.3) is 0 Å². The van der Waals surface area contributed by atoms with Crippen LogP contribution in [0.1, 0.15) is 37.7 Å². The first kappa shape index (κ1) is 23.6. The first-order valence-corrected chi connectivity index (χ1v) is 12.5. The molecule has 1 saturated carbocycles. The molecule has 9 heteroatoms. The zero-order chi connectivity index (χ0) is 20.3. The second-order valence-corrected chi connectivity index (χ2v) is 10.3. The van der Waals surface area contributed by atoms with Gasteiger partial charge in [-0.1, -0.05) is 31.0 Å². The van der Waals surface area contributed by atoms with Gasteiger partial charge < -0.3 is 10.6 Å². The van der Waals surface area contributed by atoms with E-state index in [1.54, 1.807) is 11.4 Å². The van der Waals surface area contributed by atoms with Crippen molar-refractivity contribution >= 4 is 45.6 Å². The highest BCUT2D eigenvalue weighted by molar-refractivity contribution is 14.0. The molecule has 4 rings (SSSR count). The molecule has 0 amide bonds. The third kappa shape index (κ3) is 5.40. The summed E-state index contributed by atoms with van der Waals surface area (Å²) < 4.78 is 27.2. The third-order valence-electron chi connectivity index (χ3n) is 6.46. The molecule has 3 aliphatic rings. The average Bonchev–Trinajstić information content (AvgIpc) is 3.46. The lowest BCUT2D eigenvalue weighted by atomic mass is 10.2. The average molecular weight is 548 g/mol. The monoisotopic (exact) mass is 547 g/mol. The number of halogens is 1. The Morgan fingerprint density at radius 1 is 1.17 bits per heavy atom. The van der Waals surface area contributed by atoms with Crippen molar-refractivity contribution in [1.82, 2.24) is 15.5 Å². The molecule has 168 valence electrons. The Balaban J connectivity index is 0.00000256. The maximum atomic E-state index is 12.8. The smallest absolute Gasteiger partial charge is 0.236 e. The second kappa shape index (κ2) is 10.5. The van der Waals surface area contributed by atoms with E-state index in [-0.39, 0.29) is 29.7 Å². The van der Waals surface area contributed by atoms with Crippen LogP contribution in [0, 0.1) is 0 Å². The molecule has 2 aliphatic heterocycles. The van der Waals surface area contributed by atoms with E-state index in [4.69, 9.17) is 0 Å². The van der Waals surface area contributed by atoms with E-state index in [1.807, 2.05) is 24.3 Å². The van der Waals surface area contributed by atoms with E-state index in [9.17, 15) is 8.42 Å². The van der Waals surface area contributed by atoms with Crippen LogP contribution < -0.4 is 14.9 Å². The Bertz CT molecular complexity index is 842. The van der Waals surface area contributed by atoms with Crippen LogP contribution in [0.15, 0.2) is 29.3 Å². The van der Waals surface area contributed by atoms with Gasteiger partial charge in [0.25, 0.3) is 0 Å². The number of sulfonamides is 1. The van der Waals surface area contributed by atoms with Crippen molar-refractivity contribution in [2.45, 2.75) is 50.6 Å². The molecular formula is C21H34IN5O2S. The van der Waals surface area contributed by atoms with Gasteiger partial charge in [0.15, 0.2) is 5.96 Å². The number of guanidine groups is 1. The summed E-state index contributed by atoms with van der Waals surface area (Å²) in [6, 6.07) is 8.89. The van der Waals surface area contributed by atoms with Crippen molar-refractivity contribution < 1.29 is 8.42 Å². The molecule has 1 atom stereocenters. The minimum absolute atomic E-state index is 0. The lowest BCUT2D eigenvalue weighted by Crippen LogP contribution is -2.47. The number of nitrogens with zero attached hydrogens (tertiary/aromatic N) is 3. The molecule has 2 heterocycles. The Kier molecular flexibility index (Phi) is 8.25. The van der Waals surface area contributed by atoms with Gasteiger partial charge in [0.1, 0.15) is 0 Å². The minimum atomic E-state index is -3.34. The fourth-order valence-electron chi connectivity index (χ4n) is 4.90. The number of rotatable bonds is 6. The summed E-state index contributed by atoms with van der Waals surface area (Å²) in [6.45, 7) is 3.07. The van der Waals surface area contributed by atoms with E-state index >= 15 is 0 Å². The van der Waals surface area contributed by atoms with Crippen LogP contribution in [0.5, 0.6) is 0 Å². The van der Waals surface area contributed by atoms with Gasteiger partial charge in [0.05, 0.1) is 11.4 Å². The van der Waals surface area contributed by atoms with Gasteiger partial charge in [-0.2, -0.15) is 0 Å². The van der Waals surface area contributed by atoms with Gasteiger partial charge in [-0.05, 0) is 37.3 Å². The number of likely N-dealkylation sites (tertiary alicyclic amines) is 1. The molecule has 30 heavy (non-hydrogen) atoms. The molecule has 2 fully saturated rings. The van der Waals surface area contributed by atoms with Crippen molar-refractivity contribution in [1.29, 1.82) is 0 Å². The summed E-state index contributed by atoms with van der Waals surface area (Å²) in [5.74, 6) is 0.751. The van der Waals surface area contributed by atoms with E-state index in [1.165, 1.54) is 25.7 Å². The molecule has 1 aromatic rings. The number of fused-ring (bicyclic) bond motifs is 1. The molecule has 1 saturated heterocycles. The molecule has 7 nitrogen and oxygen atoms in total. The van der Waals surface area contributed by atoms with Crippen LogP contribution >= 0.6 is 24.0 Å². The van der Waals surface area contributed by atoms with Crippen LogP contribution in [0.2, 0.25) is 0 Å². The molecule has 1 unspecified atom stereocenters. The number of nitrogens with one attached hydrogen (secondary N) is 2. The Hall–Kier alpha value is -1.07. The van der Waals surface area contributed by atoms with Crippen molar-refractivity contribution in [3.8, 4) is 0 Å². The van der Waals surface area contributed by atoms with Gasteiger partial charge in [0, 0.05) is 45.3 Å². The quantitative estimate of drug-likeness (QED) is 0.325. The fraction of sp³-hybridized carbons (Fsp3) is 0.667. The van der Waals surface area contributed by atoms with E-state index in [0.29, 0.717) is 25.1 Å². The Morgan fingerprint density at radius 2 is 1.93 bits per heavy atom. The summed E-state index contributed by atoms with van der Waals surface area (Å²) in [4.78, 5) is 6.90. The Labute approximate surface area is 197 Å². The zero-order valence-corrected chi connectivity index (χ0v) is 20.9. The predicted octanol–water partition coefficient (Wildman–Crippen LogP) is 2.18. The summed E-state index contributed by atoms with van der Waals surface area (Å²) in [5, 5.41) is 6.68. The highest BCUT2D eigenvalue weighted by Crippen LogP contribution is 2.30. The summed E-state index contributed by atoms with van der Waals surface area (Å²) in [5.41, 5.74) is 1.93. The van der Waals surface area contributed by atoms with E-state index in [0.717, 1.165) is 43.2 Å². The second-order valence-electron chi connectivity index (χ2n) is 8.33.